The summed E-state index contributed by atoms with van der Waals surface area (Å²) in [6.07, 6.45) is 0.610. The molecule has 5 nitrogen and oxygen atoms in total. The first-order chi connectivity index (χ1) is 15.6. The Morgan fingerprint density at radius 1 is 1.09 bits per heavy atom. The minimum Gasteiger partial charge on any atom is -0.482 e. The molecular formula is C25H31BrFO5P. The Labute approximate surface area is 203 Å². The van der Waals surface area contributed by atoms with Gasteiger partial charge in [-0.25, -0.2) is 4.39 Å². The number of rotatable bonds is 9. The van der Waals surface area contributed by atoms with Gasteiger partial charge >= 0.3 is 7.60 Å². The summed E-state index contributed by atoms with van der Waals surface area (Å²) in [5.74, 6) is -1.22. The van der Waals surface area contributed by atoms with Crippen molar-refractivity contribution in [2.24, 2.45) is 0 Å². The molecule has 3 atom stereocenters. The van der Waals surface area contributed by atoms with E-state index >= 15 is 4.39 Å². The lowest BCUT2D eigenvalue weighted by molar-refractivity contribution is 0.0455. The summed E-state index contributed by atoms with van der Waals surface area (Å²) < 4.78 is 47.5. The van der Waals surface area contributed by atoms with Crippen molar-refractivity contribution in [2.45, 2.75) is 64.3 Å². The van der Waals surface area contributed by atoms with Crippen LogP contribution in [0.25, 0.3) is 0 Å². The van der Waals surface area contributed by atoms with Gasteiger partial charge in [0.05, 0.1) is 12.2 Å². The number of halogens is 2. The van der Waals surface area contributed by atoms with E-state index in [-0.39, 0.29) is 42.5 Å². The molecule has 0 spiro atoms. The monoisotopic (exact) mass is 540 g/mol. The summed E-state index contributed by atoms with van der Waals surface area (Å²) in [4.78, 5) is 0. The molecule has 8 heteroatoms. The first kappa shape index (κ1) is 26.1. The van der Waals surface area contributed by atoms with Crippen molar-refractivity contribution in [1.29, 1.82) is 0 Å². The summed E-state index contributed by atoms with van der Waals surface area (Å²) in [6.45, 7) is 6.93. The molecule has 3 rings (SSSR count). The Hall–Kier alpha value is -1.50. The molecule has 0 unspecified atom stereocenters. The Bertz CT molecular complexity index is 997. The minimum atomic E-state index is -3.84. The molecule has 0 saturated carbocycles. The maximum atomic E-state index is 15.2. The van der Waals surface area contributed by atoms with Crippen molar-refractivity contribution in [2.75, 3.05) is 6.61 Å². The van der Waals surface area contributed by atoms with E-state index in [1.807, 2.05) is 30.3 Å². The molecule has 2 aromatic rings. The Kier molecular flexibility index (Phi) is 8.93. The first-order valence-electron chi connectivity index (χ1n) is 11.1. The van der Waals surface area contributed by atoms with Crippen molar-refractivity contribution in [1.82, 2.24) is 0 Å². The molecule has 33 heavy (non-hydrogen) atoms. The molecule has 1 aliphatic rings. The molecule has 0 aliphatic carbocycles. The fourth-order valence-corrected chi connectivity index (χ4v) is 6.42. The molecule has 1 N–H and O–H groups in total. The van der Waals surface area contributed by atoms with Crippen LogP contribution in [0.5, 0.6) is 0 Å². The van der Waals surface area contributed by atoms with Crippen molar-refractivity contribution < 1.29 is 27.8 Å². The van der Waals surface area contributed by atoms with Gasteiger partial charge in [0.2, 0.25) is 5.50 Å². The zero-order chi connectivity index (χ0) is 24.2. The van der Waals surface area contributed by atoms with Crippen LogP contribution in [0.4, 0.5) is 4.39 Å². The third kappa shape index (κ3) is 6.34. The van der Waals surface area contributed by atoms with Gasteiger partial charge in [-0.3, -0.25) is 4.57 Å². The van der Waals surface area contributed by atoms with E-state index in [1.54, 1.807) is 45.9 Å². The molecule has 0 radical (unpaired) electrons. The van der Waals surface area contributed by atoms with E-state index in [1.165, 1.54) is 6.07 Å². The number of benzene rings is 2. The second-order valence-electron chi connectivity index (χ2n) is 8.61. The number of allylic oxidation sites excluding steroid dienone is 1. The molecule has 0 bridgehead atoms. The van der Waals surface area contributed by atoms with Crippen molar-refractivity contribution >= 4 is 23.5 Å². The quantitative estimate of drug-likeness (QED) is 0.343. The molecule has 1 heterocycles. The molecule has 0 saturated heterocycles. The number of hydrogen-bond acceptors (Lipinski definition) is 5. The Morgan fingerprint density at radius 3 is 2.27 bits per heavy atom. The zero-order valence-electron chi connectivity index (χ0n) is 19.3. The van der Waals surface area contributed by atoms with E-state index in [0.717, 1.165) is 5.56 Å². The summed E-state index contributed by atoms with van der Waals surface area (Å²) >= 11 is 3.32. The SMILES string of the molecule is CC(C)OP(=O)(OC(C)C)C1=C[C@@H](c2ccc(Br)cc2F)[C@H](c2ccccc2)[C@@H](CCO)O1. The Balaban J connectivity index is 2.21. The number of ether oxygens (including phenoxy) is 1. The average Bonchev–Trinajstić information content (AvgIpc) is 2.73. The van der Waals surface area contributed by atoms with Crippen LogP contribution in [0.1, 0.15) is 57.1 Å². The molecular weight excluding hydrogens is 510 g/mol. The maximum absolute atomic E-state index is 15.2. The lowest BCUT2D eigenvalue weighted by Crippen LogP contribution is -2.32. The van der Waals surface area contributed by atoms with Gasteiger partial charge in [-0.1, -0.05) is 52.3 Å². The predicted molar refractivity (Wildman–Crippen MR) is 131 cm³/mol. The van der Waals surface area contributed by atoms with Crippen molar-refractivity contribution in [3.63, 3.8) is 0 Å². The normalized spacial score (nSPS) is 21.2. The highest BCUT2D eigenvalue weighted by molar-refractivity contribution is 9.10. The number of aliphatic hydroxyl groups excluding tert-OH is 1. The van der Waals surface area contributed by atoms with Gasteiger partial charge in [0, 0.05) is 29.3 Å². The van der Waals surface area contributed by atoms with Crippen LogP contribution in [-0.2, 0) is 18.3 Å². The third-order valence-electron chi connectivity index (χ3n) is 5.27. The number of hydrogen-bond donors (Lipinski definition) is 1. The number of aliphatic hydroxyl groups is 1. The van der Waals surface area contributed by atoms with Crippen LogP contribution < -0.4 is 0 Å². The Morgan fingerprint density at radius 2 is 1.73 bits per heavy atom. The van der Waals surface area contributed by atoms with Gasteiger partial charge < -0.3 is 18.9 Å². The van der Waals surface area contributed by atoms with Crippen LogP contribution in [0.15, 0.2) is 64.6 Å². The lowest BCUT2D eigenvalue weighted by atomic mass is 9.76. The smallest absolute Gasteiger partial charge is 0.395 e. The van der Waals surface area contributed by atoms with E-state index in [0.29, 0.717) is 10.0 Å². The van der Waals surface area contributed by atoms with Crippen LogP contribution in [0.3, 0.4) is 0 Å². The molecule has 1 aliphatic heterocycles. The van der Waals surface area contributed by atoms with Gasteiger partial charge in [0.25, 0.3) is 0 Å². The topological polar surface area (TPSA) is 65.0 Å². The maximum Gasteiger partial charge on any atom is 0.395 e. The molecule has 180 valence electrons. The second kappa shape index (κ2) is 11.3. The van der Waals surface area contributed by atoms with E-state index < -0.39 is 19.6 Å². The van der Waals surface area contributed by atoms with Gasteiger partial charge in [0.15, 0.2) is 0 Å². The van der Waals surface area contributed by atoms with Gasteiger partial charge in [0.1, 0.15) is 11.9 Å². The molecule has 0 fully saturated rings. The zero-order valence-corrected chi connectivity index (χ0v) is 21.8. The highest BCUT2D eigenvalue weighted by Gasteiger charge is 2.45. The third-order valence-corrected chi connectivity index (χ3v) is 7.96. The van der Waals surface area contributed by atoms with Crippen molar-refractivity contribution in [3.8, 4) is 0 Å². The predicted octanol–water partition coefficient (Wildman–Crippen LogP) is 7.12. The highest BCUT2D eigenvalue weighted by atomic mass is 79.9. The fourth-order valence-electron chi connectivity index (χ4n) is 4.11. The van der Waals surface area contributed by atoms with Gasteiger partial charge in [-0.05, 0) is 57.0 Å². The molecule has 0 aromatic heterocycles. The van der Waals surface area contributed by atoms with Crippen molar-refractivity contribution in [3.05, 3.63) is 81.5 Å². The van der Waals surface area contributed by atoms with Gasteiger partial charge in [-0.15, -0.1) is 0 Å². The van der Waals surface area contributed by atoms with E-state index in [2.05, 4.69) is 15.9 Å². The van der Waals surface area contributed by atoms with Gasteiger partial charge in [-0.2, -0.15) is 0 Å². The fraction of sp³-hybridized carbons (Fsp3) is 0.440. The summed E-state index contributed by atoms with van der Waals surface area (Å²) in [5.41, 5.74) is 1.43. The molecule has 2 aromatic carbocycles. The average molecular weight is 541 g/mol. The van der Waals surface area contributed by atoms with E-state index in [9.17, 15) is 9.67 Å². The lowest BCUT2D eigenvalue weighted by Gasteiger charge is -2.39. The first-order valence-corrected chi connectivity index (χ1v) is 13.4. The minimum absolute atomic E-state index is 0.0582. The van der Waals surface area contributed by atoms with Crippen LogP contribution in [0.2, 0.25) is 0 Å². The summed E-state index contributed by atoms with van der Waals surface area (Å²) in [6, 6.07) is 14.5. The van der Waals surface area contributed by atoms with Crippen LogP contribution in [0, 0.1) is 5.82 Å². The van der Waals surface area contributed by atoms with Crippen LogP contribution >= 0.6 is 23.5 Å². The highest BCUT2D eigenvalue weighted by Crippen LogP contribution is 2.62. The standard InChI is InChI=1S/C25H31BrFO5P/c1-16(2)31-33(29,32-17(3)4)24-15-21(20-11-10-19(26)14-22(20)27)25(23(30-24)12-13-28)18-8-6-5-7-9-18/h5-11,14-17,21,23,25,28H,12-13H2,1-4H3/t21-,23+,25-/m0/s1. The summed E-state index contributed by atoms with van der Waals surface area (Å²) in [7, 11) is -3.84. The molecule has 0 amide bonds. The van der Waals surface area contributed by atoms with Crippen LogP contribution in [-0.4, -0.2) is 30.0 Å². The largest absolute Gasteiger partial charge is 0.482 e. The second-order valence-corrected chi connectivity index (χ2v) is 11.4. The van der Waals surface area contributed by atoms with E-state index in [4.69, 9.17) is 13.8 Å². The summed E-state index contributed by atoms with van der Waals surface area (Å²) in [5, 5.41) is 9.80.